The van der Waals surface area contributed by atoms with Crippen LogP contribution in [-0.4, -0.2) is 33.8 Å². The third-order valence-electron chi connectivity index (χ3n) is 5.95. The topological polar surface area (TPSA) is 40.5 Å². The molecule has 4 saturated carbocycles. The Kier molecular flexibility index (Phi) is 2.98. The number of rotatable bonds is 3. The van der Waals surface area contributed by atoms with E-state index in [1.54, 1.807) is 0 Å². The molecule has 0 saturated heterocycles. The number of aliphatic hydroxyl groups is 2. The fourth-order valence-corrected chi connectivity index (χ4v) is 4.96. The monoisotopic (exact) mass is 296 g/mol. The van der Waals surface area contributed by atoms with Crippen LogP contribution in [0.3, 0.4) is 0 Å². The lowest BCUT2D eigenvalue weighted by Crippen LogP contribution is -2.73. The second-order valence-corrected chi connectivity index (χ2v) is 7.15. The molecule has 4 rings (SSSR count). The van der Waals surface area contributed by atoms with Gasteiger partial charge >= 0.3 is 5.92 Å². The van der Waals surface area contributed by atoms with E-state index in [-0.39, 0.29) is 0 Å². The van der Waals surface area contributed by atoms with E-state index in [2.05, 4.69) is 0 Å². The maximum atomic E-state index is 14.6. The molecule has 0 heterocycles. The molecule has 116 valence electrons. The van der Waals surface area contributed by atoms with Crippen LogP contribution in [-0.2, 0) is 0 Å². The lowest BCUT2D eigenvalue weighted by atomic mass is 9.47. The van der Waals surface area contributed by atoms with Crippen LogP contribution in [0.15, 0.2) is 0 Å². The van der Waals surface area contributed by atoms with Gasteiger partial charge in [0.25, 0.3) is 6.43 Å². The van der Waals surface area contributed by atoms with Crippen molar-refractivity contribution in [2.24, 2.45) is 23.7 Å². The molecule has 6 heteroatoms. The van der Waals surface area contributed by atoms with E-state index in [1.807, 2.05) is 0 Å². The molecule has 0 amide bonds. The quantitative estimate of drug-likeness (QED) is 0.786. The Hall–Kier alpha value is -0.360. The third kappa shape index (κ3) is 1.58. The summed E-state index contributed by atoms with van der Waals surface area (Å²) < 4.78 is 54.9. The molecule has 0 spiro atoms. The molecule has 0 aliphatic heterocycles. The van der Waals surface area contributed by atoms with E-state index in [4.69, 9.17) is 0 Å². The van der Waals surface area contributed by atoms with E-state index >= 15 is 0 Å². The maximum Gasteiger partial charge on any atom is 0.310 e. The minimum atomic E-state index is -4.21. The van der Waals surface area contributed by atoms with Gasteiger partial charge in [0, 0.05) is 0 Å². The highest BCUT2D eigenvalue weighted by molar-refractivity contribution is 5.17. The number of halogens is 4. The van der Waals surface area contributed by atoms with Crippen molar-refractivity contribution in [2.45, 2.75) is 62.6 Å². The van der Waals surface area contributed by atoms with Gasteiger partial charge in [0.1, 0.15) is 5.60 Å². The van der Waals surface area contributed by atoms with Crippen molar-refractivity contribution >= 4 is 0 Å². The van der Waals surface area contributed by atoms with E-state index in [9.17, 15) is 27.8 Å². The number of hydrogen-bond acceptors (Lipinski definition) is 2. The summed E-state index contributed by atoms with van der Waals surface area (Å²) in [5.41, 5.74) is -6.00. The van der Waals surface area contributed by atoms with Gasteiger partial charge < -0.3 is 10.2 Å². The summed E-state index contributed by atoms with van der Waals surface area (Å²) in [7, 11) is 0. The Bertz CT molecular complexity index is 380. The van der Waals surface area contributed by atoms with Crippen LogP contribution in [0.5, 0.6) is 0 Å². The predicted molar refractivity (Wildman–Crippen MR) is 63.6 cm³/mol. The number of alkyl halides is 4. The standard InChI is InChI=1S/C14H20F4O2/c1-12(19,11(15)16)14(17,18)13(20)9-3-7-2-8(5-9)6-10(13)4-7/h7-11,19-20H,2-6H2,1H3. The fourth-order valence-electron chi connectivity index (χ4n) is 4.96. The molecule has 0 aromatic heterocycles. The first-order valence-corrected chi connectivity index (χ1v) is 7.21. The molecule has 0 radical (unpaired) electrons. The maximum absolute atomic E-state index is 14.6. The highest BCUT2D eigenvalue weighted by Gasteiger charge is 2.74. The molecular weight excluding hydrogens is 276 g/mol. The van der Waals surface area contributed by atoms with Gasteiger partial charge in [-0.15, -0.1) is 0 Å². The van der Waals surface area contributed by atoms with Crippen LogP contribution in [0, 0.1) is 23.7 Å². The predicted octanol–water partition coefficient (Wildman–Crippen LogP) is 2.83. The van der Waals surface area contributed by atoms with Crippen molar-refractivity contribution in [2.75, 3.05) is 0 Å². The largest absolute Gasteiger partial charge is 0.383 e. The van der Waals surface area contributed by atoms with E-state index in [0.717, 1.165) is 6.42 Å². The molecule has 0 aromatic rings. The minimum Gasteiger partial charge on any atom is -0.383 e. The average Bonchev–Trinajstić information content (AvgIpc) is 2.34. The average molecular weight is 296 g/mol. The van der Waals surface area contributed by atoms with Crippen LogP contribution >= 0.6 is 0 Å². The zero-order valence-electron chi connectivity index (χ0n) is 11.3. The fraction of sp³-hybridized carbons (Fsp3) is 1.00. The van der Waals surface area contributed by atoms with E-state index < -0.39 is 35.4 Å². The van der Waals surface area contributed by atoms with E-state index in [0.29, 0.717) is 44.4 Å². The van der Waals surface area contributed by atoms with Gasteiger partial charge in [-0.3, -0.25) is 0 Å². The highest BCUT2D eigenvalue weighted by Crippen LogP contribution is 2.64. The van der Waals surface area contributed by atoms with Crippen LogP contribution in [0.4, 0.5) is 17.6 Å². The van der Waals surface area contributed by atoms with Gasteiger partial charge in [0.15, 0.2) is 5.60 Å². The van der Waals surface area contributed by atoms with Gasteiger partial charge in [0.2, 0.25) is 0 Å². The summed E-state index contributed by atoms with van der Waals surface area (Å²) >= 11 is 0. The molecule has 20 heavy (non-hydrogen) atoms. The summed E-state index contributed by atoms with van der Waals surface area (Å²) in [6.07, 6.45) is -0.772. The Morgan fingerprint density at radius 3 is 1.75 bits per heavy atom. The SMILES string of the molecule is CC(O)(C(F)F)C(F)(F)C1(O)C2CC3CC(C2)CC1C3. The third-order valence-corrected chi connectivity index (χ3v) is 5.95. The Morgan fingerprint density at radius 1 is 1.00 bits per heavy atom. The van der Waals surface area contributed by atoms with Gasteiger partial charge in [0.05, 0.1) is 0 Å². The lowest BCUT2D eigenvalue weighted by Gasteiger charge is -2.62. The molecule has 1 atom stereocenters. The summed E-state index contributed by atoms with van der Waals surface area (Å²) in [5.74, 6) is -4.93. The zero-order chi connectivity index (χ0) is 14.9. The zero-order valence-corrected chi connectivity index (χ0v) is 11.3. The first-order chi connectivity index (χ1) is 9.10. The Morgan fingerprint density at radius 2 is 1.40 bits per heavy atom. The first-order valence-electron chi connectivity index (χ1n) is 7.21. The van der Waals surface area contributed by atoms with Crippen molar-refractivity contribution in [3.05, 3.63) is 0 Å². The molecule has 4 aliphatic rings. The second kappa shape index (κ2) is 4.09. The second-order valence-electron chi connectivity index (χ2n) is 7.15. The molecular formula is C14H20F4O2. The van der Waals surface area contributed by atoms with Gasteiger partial charge in [-0.2, -0.15) is 8.78 Å². The molecule has 2 N–H and O–H groups in total. The van der Waals surface area contributed by atoms with Crippen LogP contribution < -0.4 is 0 Å². The number of hydrogen-bond donors (Lipinski definition) is 2. The van der Waals surface area contributed by atoms with Crippen LogP contribution in [0.25, 0.3) is 0 Å². The van der Waals surface area contributed by atoms with Gasteiger partial charge in [-0.25, -0.2) is 8.78 Å². The Labute approximate surface area is 115 Å². The lowest BCUT2D eigenvalue weighted by molar-refractivity contribution is -0.348. The van der Waals surface area contributed by atoms with Gasteiger partial charge in [-0.05, 0) is 62.7 Å². The molecule has 4 fully saturated rings. The summed E-state index contributed by atoms with van der Waals surface area (Å²) in [5, 5.41) is 20.3. The summed E-state index contributed by atoms with van der Waals surface area (Å²) in [4.78, 5) is 0. The summed E-state index contributed by atoms with van der Waals surface area (Å²) in [6.45, 7) is 0.431. The minimum absolute atomic E-state index is 0.324. The van der Waals surface area contributed by atoms with Crippen molar-refractivity contribution in [1.82, 2.24) is 0 Å². The van der Waals surface area contributed by atoms with Gasteiger partial charge in [-0.1, -0.05) is 0 Å². The molecule has 4 bridgehead atoms. The molecule has 1 unspecified atom stereocenters. The smallest absolute Gasteiger partial charge is 0.310 e. The van der Waals surface area contributed by atoms with E-state index in [1.165, 1.54) is 0 Å². The van der Waals surface area contributed by atoms with Crippen molar-refractivity contribution < 1.29 is 27.8 Å². The molecule has 4 aliphatic carbocycles. The highest BCUT2D eigenvalue weighted by atomic mass is 19.3. The van der Waals surface area contributed by atoms with Crippen LogP contribution in [0.1, 0.15) is 39.0 Å². The first kappa shape index (κ1) is 14.6. The van der Waals surface area contributed by atoms with Crippen molar-refractivity contribution in [3.63, 3.8) is 0 Å². The Balaban J connectivity index is 1.99. The van der Waals surface area contributed by atoms with Crippen molar-refractivity contribution in [3.8, 4) is 0 Å². The van der Waals surface area contributed by atoms with Crippen LogP contribution in [0.2, 0.25) is 0 Å². The normalized spacial score (nSPS) is 46.8. The summed E-state index contributed by atoms with van der Waals surface area (Å²) in [6, 6.07) is 0. The molecule has 0 aromatic carbocycles. The molecule has 2 nitrogen and oxygen atoms in total. The van der Waals surface area contributed by atoms with Crippen molar-refractivity contribution in [1.29, 1.82) is 0 Å².